The van der Waals surface area contributed by atoms with E-state index in [1.54, 1.807) is 0 Å². The lowest BCUT2D eigenvalue weighted by Gasteiger charge is -2.11. The van der Waals surface area contributed by atoms with Crippen molar-refractivity contribution in [1.82, 2.24) is 5.32 Å². The number of hydrogen-bond acceptors (Lipinski definition) is 3. The highest BCUT2D eigenvalue weighted by Gasteiger charge is 2.29. The molecule has 0 spiro atoms. The number of rotatable bonds is 6. The summed E-state index contributed by atoms with van der Waals surface area (Å²) in [7, 11) is 0. The Labute approximate surface area is 118 Å². The number of benzene rings is 1. The minimum atomic E-state index is -0.465. The van der Waals surface area contributed by atoms with Gasteiger partial charge in [-0.1, -0.05) is 19.1 Å². The van der Waals surface area contributed by atoms with Crippen LogP contribution in [0.4, 0.5) is 5.69 Å². The molecule has 4 N–H and O–H groups in total. The molecule has 1 aromatic carbocycles. The fourth-order valence-corrected chi connectivity index (χ4v) is 1.85. The molecule has 0 saturated heterocycles. The molecule has 0 bridgehead atoms. The van der Waals surface area contributed by atoms with Crippen LogP contribution in [0.3, 0.4) is 0 Å². The van der Waals surface area contributed by atoms with Crippen LogP contribution in [0.5, 0.6) is 0 Å². The first-order valence-electron chi connectivity index (χ1n) is 7.03. The van der Waals surface area contributed by atoms with Gasteiger partial charge in [0.1, 0.15) is 0 Å². The molecular weight excluding hydrogens is 254 g/mol. The molecule has 108 valence electrons. The van der Waals surface area contributed by atoms with E-state index in [-0.39, 0.29) is 17.7 Å². The average molecular weight is 275 g/mol. The quantitative estimate of drug-likeness (QED) is 0.733. The first-order chi connectivity index (χ1) is 9.60. The molecule has 1 aliphatic rings. The molecule has 1 saturated carbocycles. The number of amides is 2. The second kappa shape index (κ2) is 6.52. The van der Waals surface area contributed by atoms with Gasteiger partial charge in [-0.2, -0.15) is 0 Å². The van der Waals surface area contributed by atoms with E-state index in [1.165, 1.54) is 0 Å². The monoisotopic (exact) mass is 275 g/mol. The number of carbonyl (C=O) groups excluding carboxylic acids is 2. The van der Waals surface area contributed by atoms with Crippen molar-refractivity contribution in [3.63, 3.8) is 0 Å². The third-order valence-corrected chi connectivity index (χ3v) is 3.39. The predicted molar refractivity (Wildman–Crippen MR) is 77.9 cm³/mol. The Kier molecular flexibility index (Phi) is 4.74. The lowest BCUT2D eigenvalue weighted by Crippen LogP contribution is -2.39. The summed E-state index contributed by atoms with van der Waals surface area (Å²) in [5.41, 5.74) is 7.36. The van der Waals surface area contributed by atoms with E-state index >= 15 is 0 Å². The van der Waals surface area contributed by atoms with Gasteiger partial charge in [0.2, 0.25) is 11.8 Å². The van der Waals surface area contributed by atoms with Gasteiger partial charge in [0, 0.05) is 18.2 Å². The van der Waals surface area contributed by atoms with Gasteiger partial charge in [0.05, 0.1) is 6.04 Å². The van der Waals surface area contributed by atoms with Crippen molar-refractivity contribution in [3.8, 4) is 0 Å². The molecule has 0 heterocycles. The molecule has 0 aliphatic heterocycles. The zero-order valence-corrected chi connectivity index (χ0v) is 11.7. The minimum absolute atomic E-state index is 0.0826. The fraction of sp³-hybridized carbons (Fsp3) is 0.467. The number of hydrogen-bond donors (Lipinski definition) is 3. The summed E-state index contributed by atoms with van der Waals surface area (Å²) in [6.45, 7) is 2.29. The summed E-state index contributed by atoms with van der Waals surface area (Å²) >= 11 is 0. The first-order valence-corrected chi connectivity index (χ1v) is 7.03. The van der Waals surface area contributed by atoms with Crippen molar-refractivity contribution in [2.75, 3.05) is 5.32 Å². The van der Waals surface area contributed by atoms with Gasteiger partial charge in [0.25, 0.3) is 0 Å². The maximum absolute atomic E-state index is 11.7. The van der Waals surface area contributed by atoms with Crippen LogP contribution >= 0.6 is 0 Å². The van der Waals surface area contributed by atoms with E-state index in [9.17, 15) is 9.59 Å². The Hall–Kier alpha value is -1.88. The van der Waals surface area contributed by atoms with E-state index in [4.69, 9.17) is 5.73 Å². The smallest absolute Gasteiger partial charge is 0.237 e. The highest BCUT2D eigenvalue weighted by atomic mass is 16.2. The van der Waals surface area contributed by atoms with Crippen LogP contribution in [0.15, 0.2) is 24.3 Å². The molecule has 1 unspecified atom stereocenters. The van der Waals surface area contributed by atoms with E-state index in [1.807, 2.05) is 31.2 Å². The molecule has 5 heteroatoms. The number of anilines is 1. The van der Waals surface area contributed by atoms with Crippen molar-refractivity contribution in [2.24, 2.45) is 11.7 Å². The van der Waals surface area contributed by atoms with E-state index < -0.39 is 6.04 Å². The summed E-state index contributed by atoms with van der Waals surface area (Å²) in [6, 6.07) is 7.03. The zero-order chi connectivity index (χ0) is 14.5. The Morgan fingerprint density at radius 1 is 1.40 bits per heavy atom. The number of nitrogens with one attached hydrogen (secondary N) is 2. The van der Waals surface area contributed by atoms with Gasteiger partial charge in [0.15, 0.2) is 0 Å². The molecule has 0 aromatic heterocycles. The van der Waals surface area contributed by atoms with Crippen LogP contribution in [0.1, 0.15) is 31.7 Å². The molecule has 1 fully saturated rings. The van der Waals surface area contributed by atoms with Crippen LogP contribution in [0, 0.1) is 5.92 Å². The Morgan fingerprint density at radius 2 is 2.15 bits per heavy atom. The third-order valence-electron chi connectivity index (χ3n) is 3.39. The average Bonchev–Trinajstić information content (AvgIpc) is 3.28. The summed E-state index contributed by atoms with van der Waals surface area (Å²) in [6.07, 6.45) is 2.58. The van der Waals surface area contributed by atoms with Crippen molar-refractivity contribution in [1.29, 1.82) is 0 Å². The largest absolute Gasteiger partial charge is 0.351 e. The normalized spacial score (nSPS) is 15.5. The maximum Gasteiger partial charge on any atom is 0.237 e. The highest BCUT2D eigenvalue weighted by molar-refractivity contribution is 5.94. The summed E-state index contributed by atoms with van der Waals surface area (Å²) in [5, 5.41) is 5.68. The van der Waals surface area contributed by atoms with E-state index in [2.05, 4.69) is 10.6 Å². The Balaban J connectivity index is 1.88. The van der Waals surface area contributed by atoms with Crippen molar-refractivity contribution in [3.05, 3.63) is 29.8 Å². The maximum atomic E-state index is 11.7. The first kappa shape index (κ1) is 14.5. The summed E-state index contributed by atoms with van der Waals surface area (Å²) in [5.74, 6) is 0.111. The lowest BCUT2D eigenvalue weighted by molar-refractivity contribution is -0.122. The number of nitrogens with two attached hydrogens (primary N) is 1. The highest BCUT2D eigenvalue weighted by Crippen LogP contribution is 2.30. The van der Waals surface area contributed by atoms with Crippen molar-refractivity contribution < 1.29 is 9.59 Å². The van der Waals surface area contributed by atoms with Gasteiger partial charge >= 0.3 is 0 Å². The fourth-order valence-electron chi connectivity index (χ4n) is 1.85. The summed E-state index contributed by atoms with van der Waals surface area (Å²) in [4.78, 5) is 23.3. The van der Waals surface area contributed by atoms with Crippen LogP contribution in [0.25, 0.3) is 0 Å². The van der Waals surface area contributed by atoms with Crippen LogP contribution < -0.4 is 16.4 Å². The van der Waals surface area contributed by atoms with Crippen molar-refractivity contribution >= 4 is 17.5 Å². The van der Waals surface area contributed by atoms with Crippen LogP contribution in [-0.2, 0) is 16.1 Å². The standard InChI is InChI=1S/C15H21N3O2/c1-2-13(16)15(20)17-9-10-4-3-5-12(8-10)18-14(19)11-6-7-11/h3-5,8,11,13H,2,6-7,9,16H2,1H3,(H,17,20)(H,18,19). The van der Waals surface area contributed by atoms with Gasteiger partial charge in [-0.15, -0.1) is 0 Å². The SMILES string of the molecule is CCC(N)C(=O)NCc1cccc(NC(=O)C2CC2)c1. The Morgan fingerprint density at radius 3 is 2.80 bits per heavy atom. The van der Waals surface area contributed by atoms with Gasteiger partial charge < -0.3 is 16.4 Å². The topological polar surface area (TPSA) is 84.2 Å². The molecule has 1 aliphatic carbocycles. The molecule has 2 rings (SSSR count). The third kappa shape index (κ3) is 4.06. The molecule has 5 nitrogen and oxygen atoms in total. The zero-order valence-electron chi connectivity index (χ0n) is 11.7. The van der Waals surface area contributed by atoms with E-state index in [0.29, 0.717) is 13.0 Å². The molecule has 1 aromatic rings. The van der Waals surface area contributed by atoms with E-state index in [0.717, 1.165) is 24.1 Å². The molecule has 2 amide bonds. The minimum Gasteiger partial charge on any atom is -0.351 e. The molecular formula is C15H21N3O2. The van der Waals surface area contributed by atoms with Crippen LogP contribution in [-0.4, -0.2) is 17.9 Å². The van der Waals surface area contributed by atoms with Crippen LogP contribution in [0.2, 0.25) is 0 Å². The molecule has 20 heavy (non-hydrogen) atoms. The second-order valence-electron chi connectivity index (χ2n) is 5.20. The van der Waals surface area contributed by atoms with Gasteiger partial charge in [-0.25, -0.2) is 0 Å². The predicted octanol–water partition coefficient (Wildman–Crippen LogP) is 1.39. The number of carbonyl (C=O) groups is 2. The Bertz CT molecular complexity index is 498. The lowest BCUT2D eigenvalue weighted by atomic mass is 10.1. The molecule has 0 radical (unpaired) electrons. The molecule has 1 atom stereocenters. The summed E-state index contributed by atoms with van der Waals surface area (Å²) < 4.78 is 0. The van der Waals surface area contributed by atoms with Gasteiger partial charge in [-0.05, 0) is 37.0 Å². The van der Waals surface area contributed by atoms with Crippen molar-refractivity contribution in [2.45, 2.75) is 38.8 Å². The second-order valence-corrected chi connectivity index (χ2v) is 5.20. The van der Waals surface area contributed by atoms with Gasteiger partial charge in [-0.3, -0.25) is 9.59 Å².